The summed E-state index contributed by atoms with van der Waals surface area (Å²) in [4.78, 5) is 0. The minimum atomic E-state index is -1.28. The van der Waals surface area contributed by atoms with Crippen molar-refractivity contribution in [3.05, 3.63) is 36.0 Å². The van der Waals surface area contributed by atoms with Crippen molar-refractivity contribution in [1.29, 1.82) is 0 Å². The summed E-state index contributed by atoms with van der Waals surface area (Å²) in [5.41, 5.74) is 2.59. The number of hydrogen-bond donors (Lipinski definition) is 0. The summed E-state index contributed by atoms with van der Waals surface area (Å²) in [5, 5.41) is 0. The van der Waals surface area contributed by atoms with Gasteiger partial charge < -0.3 is 4.74 Å². The maximum atomic E-state index is 6.14. The fraction of sp³-hybridized carbons (Fsp3) is 0.600. The molecule has 0 aliphatic heterocycles. The predicted octanol–water partition coefficient (Wildman–Crippen LogP) is 4.74. The SMILES string of the molecule is C=CC[Si](C)(C)COC(/C(C)=C/C)/C(C)=C/C. The minimum Gasteiger partial charge on any atom is -0.373 e. The van der Waals surface area contributed by atoms with Crippen LogP contribution in [0.15, 0.2) is 36.0 Å². The van der Waals surface area contributed by atoms with Gasteiger partial charge in [0.15, 0.2) is 0 Å². The molecule has 0 saturated carbocycles. The molecule has 17 heavy (non-hydrogen) atoms. The molecule has 0 radical (unpaired) electrons. The van der Waals surface area contributed by atoms with E-state index < -0.39 is 8.07 Å². The predicted molar refractivity (Wildman–Crippen MR) is 81.1 cm³/mol. The number of allylic oxidation sites excluding steroid dienone is 3. The van der Waals surface area contributed by atoms with Crippen molar-refractivity contribution in [3.8, 4) is 0 Å². The highest BCUT2D eigenvalue weighted by atomic mass is 28.3. The molecular formula is C15H28OSi. The summed E-state index contributed by atoms with van der Waals surface area (Å²) in [6, 6.07) is 1.11. The lowest BCUT2D eigenvalue weighted by Gasteiger charge is -2.26. The molecular weight excluding hydrogens is 224 g/mol. The normalized spacial score (nSPS) is 14.3. The molecule has 0 aromatic carbocycles. The van der Waals surface area contributed by atoms with Crippen LogP contribution in [0.1, 0.15) is 27.7 Å². The van der Waals surface area contributed by atoms with Crippen molar-refractivity contribution < 1.29 is 4.74 Å². The molecule has 0 aromatic heterocycles. The third-order valence-corrected chi connectivity index (χ3v) is 5.42. The van der Waals surface area contributed by atoms with Gasteiger partial charge >= 0.3 is 0 Å². The van der Waals surface area contributed by atoms with E-state index in [0.717, 1.165) is 12.3 Å². The van der Waals surface area contributed by atoms with Gasteiger partial charge in [-0.15, -0.1) is 6.58 Å². The van der Waals surface area contributed by atoms with Crippen molar-refractivity contribution in [1.82, 2.24) is 0 Å². The summed E-state index contributed by atoms with van der Waals surface area (Å²) >= 11 is 0. The van der Waals surface area contributed by atoms with Crippen LogP contribution in [0.4, 0.5) is 0 Å². The Balaban J connectivity index is 4.63. The van der Waals surface area contributed by atoms with Crippen molar-refractivity contribution >= 4 is 8.07 Å². The zero-order chi connectivity index (χ0) is 13.5. The molecule has 98 valence electrons. The first-order valence-corrected chi connectivity index (χ1v) is 9.77. The molecule has 0 aromatic rings. The maximum absolute atomic E-state index is 6.14. The average Bonchev–Trinajstić information content (AvgIpc) is 2.28. The molecule has 0 bridgehead atoms. The Morgan fingerprint density at radius 3 is 2.00 bits per heavy atom. The zero-order valence-electron chi connectivity index (χ0n) is 12.3. The van der Waals surface area contributed by atoms with E-state index >= 15 is 0 Å². The van der Waals surface area contributed by atoms with Gasteiger partial charge in [0, 0.05) is 6.23 Å². The van der Waals surface area contributed by atoms with Gasteiger partial charge in [0.2, 0.25) is 0 Å². The Morgan fingerprint density at radius 2 is 1.65 bits per heavy atom. The first kappa shape index (κ1) is 16.4. The smallest absolute Gasteiger partial charge is 0.0986 e. The van der Waals surface area contributed by atoms with Crippen LogP contribution >= 0.6 is 0 Å². The van der Waals surface area contributed by atoms with Gasteiger partial charge in [0.25, 0.3) is 0 Å². The Hall–Kier alpha value is -0.603. The van der Waals surface area contributed by atoms with Crippen LogP contribution in [0.2, 0.25) is 19.1 Å². The van der Waals surface area contributed by atoms with Crippen LogP contribution in [0.5, 0.6) is 0 Å². The lowest BCUT2D eigenvalue weighted by atomic mass is 10.0. The van der Waals surface area contributed by atoms with Crippen LogP contribution < -0.4 is 0 Å². The molecule has 0 heterocycles. The molecule has 0 fully saturated rings. The van der Waals surface area contributed by atoms with Crippen molar-refractivity contribution in [3.63, 3.8) is 0 Å². The van der Waals surface area contributed by atoms with Crippen LogP contribution in [-0.2, 0) is 4.74 Å². The Kier molecular flexibility index (Phi) is 7.40. The molecule has 0 rings (SSSR count). The van der Waals surface area contributed by atoms with E-state index in [-0.39, 0.29) is 6.10 Å². The molecule has 0 amide bonds. The maximum Gasteiger partial charge on any atom is 0.0986 e. The molecule has 0 spiro atoms. The van der Waals surface area contributed by atoms with Crippen molar-refractivity contribution in [2.75, 3.05) is 6.23 Å². The molecule has 0 saturated heterocycles. The van der Waals surface area contributed by atoms with Crippen LogP contribution in [-0.4, -0.2) is 20.4 Å². The van der Waals surface area contributed by atoms with Gasteiger partial charge in [0.1, 0.15) is 0 Å². The molecule has 0 atom stereocenters. The molecule has 0 aliphatic rings. The second-order valence-corrected chi connectivity index (χ2v) is 10.4. The fourth-order valence-electron chi connectivity index (χ4n) is 1.68. The second kappa shape index (κ2) is 7.67. The van der Waals surface area contributed by atoms with Crippen LogP contribution in [0.25, 0.3) is 0 Å². The number of hydrogen-bond acceptors (Lipinski definition) is 1. The van der Waals surface area contributed by atoms with Gasteiger partial charge in [-0.1, -0.05) is 31.3 Å². The molecule has 1 nitrogen and oxygen atoms in total. The van der Waals surface area contributed by atoms with E-state index in [2.05, 4.69) is 59.5 Å². The fourth-order valence-corrected chi connectivity index (χ4v) is 3.20. The van der Waals surface area contributed by atoms with E-state index in [4.69, 9.17) is 4.74 Å². The molecule has 0 aliphatic carbocycles. The zero-order valence-corrected chi connectivity index (χ0v) is 13.3. The standard InChI is InChI=1S/C15H28OSi/c1-8-11-17(6,7)12-16-15(13(4)9-2)14(5)10-3/h8-10,15H,1,11-12H2,2-7H3/b13-9+,14-10+. The van der Waals surface area contributed by atoms with Crippen molar-refractivity contribution in [2.45, 2.75) is 52.9 Å². The highest BCUT2D eigenvalue weighted by Crippen LogP contribution is 2.19. The molecule has 0 N–H and O–H groups in total. The third-order valence-electron chi connectivity index (χ3n) is 3.08. The summed E-state index contributed by atoms with van der Waals surface area (Å²) in [6.07, 6.45) is 7.34. The second-order valence-electron chi connectivity index (χ2n) is 5.41. The first-order chi connectivity index (χ1) is 7.87. The van der Waals surface area contributed by atoms with Gasteiger partial charge in [-0.05, 0) is 44.9 Å². The first-order valence-electron chi connectivity index (χ1n) is 6.36. The summed E-state index contributed by atoms with van der Waals surface area (Å²) < 4.78 is 6.14. The Labute approximate surface area is 108 Å². The summed E-state index contributed by atoms with van der Waals surface area (Å²) in [6.45, 7) is 16.9. The monoisotopic (exact) mass is 252 g/mol. The Morgan fingerprint density at radius 1 is 1.18 bits per heavy atom. The van der Waals surface area contributed by atoms with Crippen LogP contribution in [0.3, 0.4) is 0 Å². The lowest BCUT2D eigenvalue weighted by Crippen LogP contribution is -2.35. The van der Waals surface area contributed by atoms with E-state index in [1.165, 1.54) is 11.1 Å². The van der Waals surface area contributed by atoms with E-state index in [9.17, 15) is 0 Å². The largest absolute Gasteiger partial charge is 0.373 e. The van der Waals surface area contributed by atoms with Crippen LogP contribution in [0, 0.1) is 0 Å². The lowest BCUT2D eigenvalue weighted by molar-refractivity contribution is 0.135. The summed E-state index contributed by atoms with van der Waals surface area (Å²) in [5.74, 6) is 0. The van der Waals surface area contributed by atoms with Crippen molar-refractivity contribution in [2.24, 2.45) is 0 Å². The highest BCUT2D eigenvalue weighted by molar-refractivity contribution is 6.77. The van der Waals surface area contributed by atoms with Gasteiger partial charge in [-0.3, -0.25) is 0 Å². The third kappa shape index (κ3) is 6.04. The van der Waals surface area contributed by atoms with E-state index in [0.29, 0.717) is 0 Å². The van der Waals surface area contributed by atoms with Gasteiger partial charge in [-0.2, -0.15) is 0 Å². The highest BCUT2D eigenvalue weighted by Gasteiger charge is 2.22. The van der Waals surface area contributed by atoms with E-state index in [1.807, 2.05) is 6.08 Å². The molecule has 2 heteroatoms. The molecule has 0 unspecified atom stereocenters. The number of rotatable bonds is 7. The Bertz CT molecular complexity index is 282. The minimum absolute atomic E-state index is 0.154. The quantitative estimate of drug-likeness (QED) is 0.470. The summed E-state index contributed by atoms with van der Waals surface area (Å²) in [7, 11) is -1.28. The van der Waals surface area contributed by atoms with Gasteiger partial charge in [0.05, 0.1) is 14.2 Å². The average molecular weight is 252 g/mol. The number of ether oxygens (including phenoxy) is 1. The van der Waals surface area contributed by atoms with Gasteiger partial charge in [-0.25, -0.2) is 0 Å². The topological polar surface area (TPSA) is 9.23 Å². The van der Waals surface area contributed by atoms with E-state index in [1.54, 1.807) is 0 Å².